The molecular weight excluding hydrogens is 320 g/mol. The summed E-state index contributed by atoms with van der Waals surface area (Å²) < 4.78 is 22.0. The maximum Gasteiger partial charge on any atom is 0.240 e. The molecule has 2 aliphatic rings. The van der Waals surface area contributed by atoms with Crippen molar-refractivity contribution in [1.82, 2.24) is 10.0 Å². The van der Waals surface area contributed by atoms with Crippen LogP contribution < -0.4 is 10.0 Å². The fraction of sp³-hybridized carbons (Fsp3) is 0.400. The first-order chi connectivity index (χ1) is 10.8. The summed E-state index contributed by atoms with van der Waals surface area (Å²) >= 11 is 0. The molecule has 1 aromatic carbocycles. The molecular formula is C15H18N2O5S. The van der Waals surface area contributed by atoms with Gasteiger partial charge in [0.05, 0.1) is 12.0 Å². The van der Waals surface area contributed by atoms with Gasteiger partial charge in [-0.2, -0.15) is 0 Å². The Balaban J connectivity index is 1.76. The maximum absolute atomic E-state index is 11.4. The minimum Gasteiger partial charge on any atom is -0.344 e. The number of aldehydes is 1. The van der Waals surface area contributed by atoms with Crippen LogP contribution in [0.2, 0.25) is 0 Å². The average Bonchev–Trinajstić information content (AvgIpc) is 2.99. The molecule has 2 atom stereocenters. The summed E-state index contributed by atoms with van der Waals surface area (Å²) in [5, 5.41) is 2.06. The number of carbonyl (C=O) groups excluding carboxylic acids is 3. The van der Waals surface area contributed by atoms with E-state index in [1.54, 1.807) is 24.3 Å². The van der Waals surface area contributed by atoms with Crippen molar-refractivity contribution in [1.29, 1.82) is 0 Å². The average molecular weight is 338 g/mol. The lowest BCUT2D eigenvalue weighted by atomic mass is 9.90. The van der Waals surface area contributed by atoms with Crippen LogP contribution in [-0.2, 0) is 20.8 Å². The van der Waals surface area contributed by atoms with E-state index in [1.807, 2.05) is 0 Å². The van der Waals surface area contributed by atoms with E-state index in [2.05, 4.69) is 10.0 Å². The molecule has 7 nitrogen and oxygen atoms in total. The SMILES string of the molecule is O=CC1(Cc2ccc(C3CC(=O)NS3(O)O)cc2)CCC(=O)N1. The Hall–Kier alpha value is -1.90. The van der Waals surface area contributed by atoms with Crippen LogP contribution in [0.5, 0.6) is 0 Å². The van der Waals surface area contributed by atoms with E-state index in [0.29, 0.717) is 24.8 Å². The van der Waals surface area contributed by atoms with Gasteiger partial charge in [0.1, 0.15) is 11.5 Å². The first kappa shape index (κ1) is 16.0. The molecule has 2 heterocycles. The quantitative estimate of drug-likeness (QED) is 0.618. The number of rotatable bonds is 4. The van der Waals surface area contributed by atoms with Gasteiger partial charge in [0.2, 0.25) is 11.8 Å². The van der Waals surface area contributed by atoms with E-state index in [4.69, 9.17) is 0 Å². The summed E-state index contributed by atoms with van der Waals surface area (Å²) in [7, 11) is -3.16. The Bertz CT molecular complexity index is 660. The second-order valence-corrected chi connectivity index (χ2v) is 8.01. The van der Waals surface area contributed by atoms with Crippen LogP contribution in [-0.4, -0.2) is 32.7 Å². The van der Waals surface area contributed by atoms with E-state index < -0.39 is 21.6 Å². The standard InChI is InChI=1S/C15H18N2O5S/c18-9-15(6-5-13(19)16-15)8-10-1-3-11(4-2-10)12-7-14(20)17-23(12,21)22/h1-4,9,12,21-22H,5-8H2,(H,16,19)(H,17,20). The van der Waals surface area contributed by atoms with Crippen LogP contribution in [0.3, 0.4) is 0 Å². The molecule has 4 N–H and O–H groups in total. The van der Waals surface area contributed by atoms with E-state index in [9.17, 15) is 23.5 Å². The summed E-state index contributed by atoms with van der Waals surface area (Å²) in [4.78, 5) is 34.1. The predicted molar refractivity (Wildman–Crippen MR) is 84.7 cm³/mol. The number of nitrogens with one attached hydrogen (secondary N) is 2. The Kier molecular flexibility index (Phi) is 3.91. The van der Waals surface area contributed by atoms with Crippen LogP contribution in [0.1, 0.15) is 35.6 Å². The topological polar surface area (TPSA) is 116 Å². The summed E-state index contributed by atoms with van der Waals surface area (Å²) in [6.07, 6.45) is 2.02. The van der Waals surface area contributed by atoms with Crippen molar-refractivity contribution in [3.63, 3.8) is 0 Å². The van der Waals surface area contributed by atoms with Gasteiger partial charge in [-0.15, -0.1) is 10.8 Å². The number of amides is 2. The molecule has 1 aromatic rings. The molecule has 0 aromatic heterocycles. The zero-order valence-electron chi connectivity index (χ0n) is 12.3. The van der Waals surface area contributed by atoms with Gasteiger partial charge < -0.3 is 10.1 Å². The third-order valence-corrected chi connectivity index (χ3v) is 6.08. The van der Waals surface area contributed by atoms with Crippen LogP contribution >= 0.6 is 10.8 Å². The lowest BCUT2D eigenvalue weighted by Gasteiger charge is -2.33. The van der Waals surface area contributed by atoms with Crippen LogP contribution in [0.15, 0.2) is 24.3 Å². The largest absolute Gasteiger partial charge is 0.344 e. The Morgan fingerprint density at radius 1 is 1.22 bits per heavy atom. The van der Waals surface area contributed by atoms with Crippen molar-refractivity contribution < 1.29 is 23.5 Å². The highest BCUT2D eigenvalue weighted by Crippen LogP contribution is 2.56. The molecule has 0 saturated carbocycles. The molecule has 0 aliphatic carbocycles. The number of benzene rings is 1. The van der Waals surface area contributed by atoms with Gasteiger partial charge in [0.25, 0.3) is 0 Å². The second-order valence-electron chi connectivity index (χ2n) is 6.05. The Labute approximate surface area is 134 Å². The van der Waals surface area contributed by atoms with Crippen LogP contribution in [0, 0.1) is 0 Å². The third kappa shape index (κ3) is 3.10. The highest BCUT2D eigenvalue weighted by molar-refractivity contribution is 8.23. The van der Waals surface area contributed by atoms with E-state index in [-0.39, 0.29) is 18.2 Å². The zero-order valence-corrected chi connectivity index (χ0v) is 13.1. The van der Waals surface area contributed by atoms with Crippen molar-refractivity contribution >= 4 is 28.9 Å². The van der Waals surface area contributed by atoms with Crippen LogP contribution in [0.4, 0.5) is 0 Å². The molecule has 2 amide bonds. The first-order valence-corrected chi connectivity index (χ1v) is 8.88. The number of carbonyl (C=O) groups is 3. The molecule has 8 heteroatoms. The zero-order chi connectivity index (χ0) is 16.7. The lowest BCUT2D eigenvalue weighted by Crippen LogP contribution is -2.45. The van der Waals surface area contributed by atoms with Gasteiger partial charge >= 0.3 is 0 Å². The summed E-state index contributed by atoms with van der Waals surface area (Å²) in [6, 6.07) is 7.01. The molecule has 2 saturated heterocycles. The van der Waals surface area contributed by atoms with E-state index >= 15 is 0 Å². The molecule has 2 aliphatic heterocycles. The minimum absolute atomic E-state index is 0.0377. The normalized spacial score (nSPS) is 30.6. The van der Waals surface area contributed by atoms with Crippen LogP contribution in [0.25, 0.3) is 0 Å². The minimum atomic E-state index is -3.16. The molecule has 0 bridgehead atoms. The van der Waals surface area contributed by atoms with Crippen molar-refractivity contribution in [2.24, 2.45) is 0 Å². The van der Waals surface area contributed by atoms with Gasteiger partial charge in [-0.25, -0.2) is 0 Å². The van der Waals surface area contributed by atoms with Crippen molar-refractivity contribution in [2.45, 2.75) is 36.5 Å². The maximum atomic E-state index is 11.4. The molecule has 2 unspecified atom stereocenters. The summed E-state index contributed by atoms with van der Waals surface area (Å²) in [6.45, 7) is 0. The smallest absolute Gasteiger partial charge is 0.240 e. The highest BCUT2D eigenvalue weighted by atomic mass is 32.3. The Morgan fingerprint density at radius 2 is 1.91 bits per heavy atom. The third-order valence-electron chi connectivity index (χ3n) is 4.31. The van der Waals surface area contributed by atoms with E-state index in [1.165, 1.54) is 0 Å². The van der Waals surface area contributed by atoms with Crippen molar-refractivity contribution in [3.8, 4) is 0 Å². The lowest BCUT2D eigenvalue weighted by molar-refractivity contribution is -0.122. The summed E-state index contributed by atoms with van der Waals surface area (Å²) in [5.41, 5.74) is 0.659. The number of hydrogen-bond donors (Lipinski definition) is 4. The molecule has 124 valence electrons. The van der Waals surface area contributed by atoms with Crippen molar-refractivity contribution in [3.05, 3.63) is 35.4 Å². The number of hydrogen-bond acceptors (Lipinski definition) is 5. The molecule has 0 radical (unpaired) electrons. The molecule has 3 rings (SSSR count). The first-order valence-electron chi connectivity index (χ1n) is 7.27. The van der Waals surface area contributed by atoms with Gasteiger partial charge in [-0.3, -0.25) is 23.4 Å². The molecule has 23 heavy (non-hydrogen) atoms. The van der Waals surface area contributed by atoms with Gasteiger partial charge in [-0.1, -0.05) is 24.3 Å². The fourth-order valence-electron chi connectivity index (χ4n) is 3.09. The van der Waals surface area contributed by atoms with Gasteiger partial charge in [0.15, 0.2) is 0 Å². The predicted octanol–water partition coefficient (Wildman–Crippen LogP) is 1.30. The van der Waals surface area contributed by atoms with E-state index in [0.717, 1.165) is 11.8 Å². The fourth-order valence-corrected chi connectivity index (χ4v) is 4.57. The second kappa shape index (κ2) is 5.63. The molecule has 0 spiro atoms. The Morgan fingerprint density at radius 3 is 2.39 bits per heavy atom. The van der Waals surface area contributed by atoms with Gasteiger partial charge in [-0.05, 0) is 17.5 Å². The van der Waals surface area contributed by atoms with Crippen molar-refractivity contribution in [2.75, 3.05) is 0 Å². The molecule has 2 fully saturated rings. The monoisotopic (exact) mass is 338 g/mol. The highest BCUT2D eigenvalue weighted by Gasteiger charge is 2.39. The van der Waals surface area contributed by atoms with Gasteiger partial charge in [0, 0.05) is 12.8 Å². The summed E-state index contributed by atoms with van der Waals surface area (Å²) in [5.74, 6) is -0.508.